The number of hydrogen-bond acceptors (Lipinski definition) is 2. The SMILES string of the molecule is C=C(CC(=N)C(C)C)C(=N)CCC[C@H](C)F. The van der Waals surface area contributed by atoms with Gasteiger partial charge in [0.05, 0.1) is 6.17 Å². The molecule has 0 aliphatic heterocycles. The highest BCUT2D eigenvalue weighted by Gasteiger charge is 2.09. The van der Waals surface area contributed by atoms with E-state index >= 15 is 0 Å². The standard InChI is InChI=1S/C13H23FN2/c1-9(2)13(16)8-10(3)12(15)7-5-6-11(4)14/h9,11,15-16H,3,5-8H2,1-2,4H3/t11-/m0/s1. The normalized spacial score (nSPS) is 12.6. The molecule has 0 saturated carbocycles. The molecule has 0 unspecified atom stereocenters. The van der Waals surface area contributed by atoms with Gasteiger partial charge in [0.15, 0.2) is 0 Å². The number of hydrogen-bond donors (Lipinski definition) is 2. The maximum absolute atomic E-state index is 12.5. The van der Waals surface area contributed by atoms with Crippen molar-refractivity contribution < 1.29 is 4.39 Å². The Morgan fingerprint density at radius 3 is 2.25 bits per heavy atom. The molecule has 0 radical (unpaired) electrons. The molecule has 0 fully saturated rings. The molecule has 0 saturated heterocycles. The molecule has 16 heavy (non-hydrogen) atoms. The predicted octanol–water partition coefficient (Wildman–Crippen LogP) is 4.16. The average molecular weight is 226 g/mol. The molecule has 0 rings (SSSR count). The van der Waals surface area contributed by atoms with E-state index in [2.05, 4.69) is 6.58 Å². The summed E-state index contributed by atoms with van der Waals surface area (Å²) in [4.78, 5) is 0. The van der Waals surface area contributed by atoms with Crippen LogP contribution in [-0.2, 0) is 0 Å². The zero-order valence-electron chi connectivity index (χ0n) is 10.6. The van der Waals surface area contributed by atoms with Crippen LogP contribution in [0.2, 0.25) is 0 Å². The van der Waals surface area contributed by atoms with Gasteiger partial charge in [-0.15, -0.1) is 0 Å². The molecule has 3 heteroatoms. The van der Waals surface area contributed by atoms with Crippen LogP contribution in [0.3, 0.4) is 0 Å². The average Bonchev–Trinajstić information content (AvgIpc) is 2.16. The number of rotatable bonds is 8. The van der Waals surface area contributed by atoms with E-state index in [1.165, 1.54) is 6.92 Å². The van der Waals surface area contributed by atoms with Crippen LogP contribution in [0.15, 0.2) is 12.2 Å². The summed E-state index contributed by atoms with van der Waals surface area (Å²) in [6, 6.07) is 0. The van der Waals surface area contributed by atoms with Crippen molar-refractivity contribution in [3.63, 3.8) is 0 Å². The Kier molecular flexibility index (Phi) is 6.86. The highest BCUT2D eigenvalue weighted by atomic mass is 19.1. The second kappa shape index (κ2) is 7.31. The van der Waals surface area contributed by atoms with Crippen LogP contribution in [-0.4, -0.2) is 17.6 Å². The van der Waals surface area contributed by atoms with Crippen LogP contribution in [0, 0.1) is 16.7 Å². The van der Waals surface area contributed by atoms with Crippen LogP contribution in [0.1, 0.15) is 46.5 Å². The lowest BCUT2D eigenvalue weighted by atomic mass is 9.96. The van der Waals surface area contributed by atoms with Crippen molar-refractivity contribution in [1.82, 2.24) is 0 Å². The molecule has 0 amide bonds. The Labute approximate surface area is 98.0 Å². The third-order valence-electron chi connectivity index (χ3n) is 2.56. The van der Waals surface area contributed by atoms with Gasteiger partial charge in [0, 0.05) is 17.8 Å². The smallest absolute Gasteiger partial charge is 0.0973 e. The molecular weight excluding hydrogens is 203 g/mol. The molecule has 0 aromatic rings. The first kappa shape index (κ1) is 15.0. The van der Waals surface area contributed by atoms with E-state index in [0.717, 1.165) is 0 Å². The minimum absolute atomic E-state index is 0.204. The monoisotopic (exact) mass is 226 g/mol. The fraction of sp³-hybridized carbons (Fsp3) is 0.692. The molecule has 92 valence electrons. The number of halogens is 1. The maximum atomic E-state index is 12.5. The van der Waals surface area contributed by atoms with Gasteiger partial charge in [-0.05, 0) is 37.7 Å². The quantitative estimate of drug-likeness (QED) is 0.584. The van der Waals surface area contributed by atoms with Crippen molar-refractivity contribution in [2.45, 2.75) is 52.6 Å². The van der Waals surface area contributed by atoms with Gasteiger partial charge in [0.25, 0.3) is 0 Å². The van der Waals surface area contributed by atoms with Crippen LogP contribution < -0.4 is 0 Å². The Balaban J connectivity index is 3.91. The third-order valence-corrected chi connectivity index (χ3v) is 2.56. The Bertz CT molecular complexity index is 267. The van der Waals surface area contributed by atoms with Crippen molar-refractivity contribution in [1.29, 1.82) is 10.8 Å². The fourth-order valence-electron chi connectivity index (χ4n) is 1.28. The van der Waals surface area contributed by atoms with Gasteiger partial charge < -0.3 is 10.8 Å². The third kappa shape index (κ3) is 6.49. The molecular formula is C13H23FN2. The second-order valence-corrected chi connectivity index (χ2v) is 4.61. The molecule has 2 nitrogen and oxygen atoms in total. The summed E-state index contributed by atoms with van der Waals surface area (Å²) < 4.78 is 12.5. The highest BCUT2D eigenvalue weighted by molar-refractivity contribution is 6.02. The van der Waals surface area contributed by atoms with Gasteiger partial charge >= 0.3 is 0 Å². The maximum Gasteiger partial charge on any atom is 0.0973 e. The van der Waals surface area contributed by atoms with E-state index in [0.29, 0.717) is 42.7 Å². The fourth-order valence-corrected chi connectivity index (χ4v) is 1.28. The first-order valence-corrected chi connectivity index (χ1v) is 5.81. The summed E-state index contributed by atoms with van der Waals surface area (Å²) in [6.07, 6.45) is 1.43. The highest BCUT2D eigenvalue weighted by Crippen LogP contribution is 2.12. The van der Waals surface area contributed by atoms with E-state index < -0.39 is 6.17 Å². The lowest BCUT2D eigenvalue weighted by molar-refractivity contribution is 0.336. The Morgan fingerprint density at radius 2 is 1.81 bits per heavy atom. The predicted molar refractivity (Wildman–Crippen MR) is 68.5 cm³/mol. The van der Waals surface area contributed by atoms with Crippen molar-refractivity contribution in [3.8, 4) is 0 Å². The Hall–Kier alpha value is -0.990. The molecule has 0 spiro atoms. The van der Waals surface area contributed by atoms with Gasteiger partial charge in [-0.3, -0.25) is 0 Å². The first-order chi connectivity index (χ1) is 7.34. The van der Waals surface area contributed by atoms with Gasteiger partial charge in [0.2, 0.25) is 0 Å². The number of allylic oxidation sites excluding steroid dienone is 1. The molecule has 0 heterocycles. The van der Waals surface area contributed by atoms with E-state index in [-0.39, 0.29) is 5.92 Å². The lowest BCUT2D eigenvalue weighted by Gasteiger charge is -2.11. The van der Waals surface area contributed by atoms with Crippen molar-refractivity contribution in [2.75, 3.05) is 0 Å². The summed E-state index contributed by atoms with van der Waals surface area (Å²) in [6.45, 7) is 9.27. The minimum Gasteiger partial charge on any atom is -0.309 e. The van der Waals surface area contributed by atoms with Gasteiger partial charge in [0.1, 0.15) is 0 Å². The minimum atomic E-state index is -0.796. The molecule has 0 aliphatic rings. The lowest BCUT2D eigenvalue weighted by Crippen LogP contribution is -2.11. The largest absolute Gasteiger partial charge is 0.309 e. The number of nitrogens with one attached hydrogen (secondary N) is 2. The van der Waals surface area contributed by atoms with Gasteiger partial charge in [-0.25, -0.2) is 4.39 Å². The van der Waals surface area contributed by atoms with E-state index in [1.54, 1.807) is 0 Å². The summed E-state index contributed by atoms with van der Waals surface area (Å²) in [5.41, 5.74) is 1.77. The second-order valence-electron chi connectivity index (χ2n) is 4.61. The van der Waals surface area contributed by atoms with E-state index in [1.807, 2.05) is 13.8 Å². The summed E-state index contributed by atoms with van der Waals surface area (Å²) >= 11 is 0. The topological polar surface area (TPSA) is 47.7 Å². The van der Waals surface area contributed by atoms with Crippen molar-refractivity contribution >= 4 is 11.4 Å². The van der Waals surface area contributed by atoms with Crippen LogP contribution in [0.4, 0.5) is 4.39 Å². The zero-order valence-corrected chi connectivity index (χ0v) is 10.6. The molecule has 0 aromatic heterocycles. The first-order valence-electron chi connectivity index (χ1n) is 5.81. The molecule has 0 bridgehead atoms. The molecule has 0 aromatic carbocycles. The van der Waals surface area contributed by atoms with E-state index in [9.17, 15) is 4.39 Å². The van der Waals surface area contributed by atoms with Crippen LogP contribution >= 0.6 is 0 Å². The number of alkyl halides is 1. The van der Waals surface area contributed by atoms with Gasteiger partial charge in [-0.2, -0.15) is 0 Å². The summed E-state index contributed by atoms with van der Waals surface area (Å²) in [7, 11) is 0. The summed E-state index contributed by atoms with van der Waals surface area (Å²) in [5, 5.41) is 15.4. The van der Waals surface area contributed by atoms with Crippen LogP contribution in [0.25, 0.3) is 0 Å². The zero-order chi connectivity index (χ0) is 12.7. The van der Waals surface area contributed by atoms with Crippen molar-refractivity contribution in [3.05, 3.63) is 12.2 Å². The Morgan fingerprint density at radius 1 is 1.25 bits per heavy atom. The molecule has 1 atom stereocenters. The van der Waals surface area contributed by atoms with Gasteiger partial charge in [-0.1, -0.05) is 20.4 Å². The molecule has 2 N–H and O–H groups in total. The summed E-state index contributed by atoms with van der Waals surface area (Å²) in [5.74, 6) is 0.204. The van der Waals surface area contributed by atoms with Crippen molar-refractivity contribution in [2.24, 2.45) is 5.92 Å². The molecule has 0 aliphatic carbocycles. The van der Waals surface area contributed by atoms with E-state index in [4.69, 9.17) is 10.8 Å². The van der Waals surface area contributed by atoms with Crippen LogP contribution in [0.5, 0.6) is 0 Å².